The monoisotopic (exact) mass is 258 g/mol. The molecule has 0 aliphatic heterocycles. The molecule has 0 aliphatic rings. The fourth-order valence-electron chi connectivity index (χ4n) is 1.88. The van der Waals surface area contributed by atoms with Gasteiger partial charge in [-0.15, -0.1) is 0 Å². The van der Waals surface area contributed by atoms with E-state index in [2.05, 4.69) is 0 Å². The van der Waals surface area contributed by atoms with Crippen LogP contribution in [-0.4, -0.2) is 23.1 Å². The molecule has 0 saturated heterocycles. The third-order valence-electron chi connectivity index (χ3n) is 2.90. The van der Waals surface area contributed by atoms with Crippen LogP contribution in [0.2, 0.25) is 0 Å². The molecule has 0 amide bonds. The number of aromatic hydroxyl groups is 2. The summed E-state index contributed by atoms with van der Waals surface area (Å²) in [6, 6.07) is 9.01. The highest BCUT2D eigenvalue weighted by Crippen LogP contribution is 2.27. The Kier molecular flexibility index (Phi) is 3.42. The number of benzene rings is 2. The smallest absolute Gasteiger partial charge is 0.197 e. The molecule has 2 aromatic carbocycles. The Morgan fingerprint density at radius 2 is 1.74 bits per heavy atom. The predicted molar refractivity (Wildman–Crippen MR) is 70.9 cm³/mol. The van der Waals surface area contributed by atoms with Gasteiger partial charge in [-0.05, 0) is 42.8 Å². The Bertz CT molecular complexity index is 632. The molecular weight excluding hydrogens is 244 g/mol. The maximum absolute atomic E-state index is 12.3. The molecule has 19 heavy (non-hydrogen) atoms. The van der Waals surface area contributed by atoms with Gasteiger partial charge in [0, 0.05) is 11.6 Å². The number of hydrogen-bond acceptors (Lipinski definition) is 4. The number of phenolic OH excluding ortho intramolecular Hbond substituents is 2. The van der Waals surface area contributed by atoms with Gasteiger partial charge < -0.3 is 14.9 Å². The van der Waals surface area contributed by atoms with Crippen LogP contribution in [-0.2, 0) is 0 Å². The highest BCUT2D eigenvalue weighted by Gasteiger charge is 2.16. The van der Waals surface area contributed by atoms with E-state index in [-0.39, 0.29) is 22.8 Å². The second-order valence-electron chi connectivity index (χ2n) is 4.21. The van der Waals surface area contributed by atoms with Crippen molar-refractivity contribution in [2.45, 2.75) is 6.92 Å². The van der Waals surface area contributed by atoms with Crippen LogP contribution in [0.4, 0.5) is 0 Å². The zero-order valence-electron chi connectivity index (χ0n) is 10.7. The largest absolute Gasteiger partial charge is 0.508 e. The molecule has 4 heteroatoms. The standard InChI is InChI=1S/C15H14O4/c1-9-7-10(16)3-5-12(9)15(18)13-6-4-11(19-2)8-14(13)17/h3-8,16-17H,1-2H3. The number of ether oxygens (including phenoxy) is 1. The van der Waals surface area contributed by atoms with Crippen molar-refractivity contribution in [2.75, 3.05) is 7.11 Å². The van der Waals surface area contributed by atoms with E-state index in [1.165, 1.54) is 37.4 Å². The third kappa shape index (κ3) is 2.52. The predicted octanol–water partition coefficient (Wildman–Crippen LogP) is 2.65. The fraction of sp³-hybridized carbons (Fsp3) is 0.133. The summed E-state index contributed by atoms with van der Waals surface area (Å²) in [5, 5.41) is 19.2. The zero-order valence-corrected chi connectivity index (χ0v) is 10.7. The van der Waals surface area contributed by atoms with E-state index >= 15 is 0 Å². The van der Waals surface area contributed by atoms with E-state index in [4.69, 9.17) is 4.74 Å². The second kappa shape index (κ2) is 5.02. The van der Waals surface area contributed by atoms with Gasteiger partial charge in [0.05, 0.1) is 12.7 Å². The van der Waals surface area contributed by atoms with Crippen molar-refractivity contribution in [2.24, 2.45) is 0 Å². The quantitative estimate of drug-likeness (QED) is 0.830. The number of methoxy groups -OCH3 is 1. The molecule has 0 aromatic heterocycles. The molecule has 0 heterocycles. The van der Waals surface area contributed by atoms with E-state index in [1.807, 2.05) is 0 Å². The van der Waals surface area contributed by atoms with Gasteiger partial charge in [0.25, 0.3) is 0 Å². The SMILES string of the molecule is COc1ccc(C(=O)c2ccc(O)cc2C)c(O)c1. The Labute approximate surface area is 110 Å². The number of carbonyl (C=O) groups is 1. The van der Waals surface area contributed by atoms with E-state index in [0.29, 0.717) is 16.9 Å². The molecular formula is C15H14O4. The van der Waals surface area contributed by atoms with Gasteiger partial charge in [-0.3, -0.25) is 4.79 Å². The number of phenols is 2. The van der Waals surface area contributed by atoms with Crippen molar-refractivity contribution in [3.8, 4) is 17.2 Å². The summed E-state index contributed by atoms with van der Waals surface area (Å²) >= 11 is 0. The zero-order chi connectivity index (χ0) is 14.0. The minimum Gasteiger partial charge on any atom is -0.508 e. The molecule has 0 radical (unpaired) electrons. The first-order chi connectivity index (χ1) is 9.02. The lowest BCUT2D eigenvalue weighted by molar-refractivity contribution is 0.103. The molecule has 0 spiro atoms. The second-order valence-corrected chi connectivity index (χ2v) is 4.21. The maximum atomic E-state index is 12.3. The molecule has 2 rings (SSSR count). The summed E-state index contributed by atoms with van der Waals surface area (Å²) in [6.07, 6.45) is 0. The van der Waals surface area contributed by atoms with Gasteiger partial charge in [0.15, 0.2) is 5.78 Å². The maximum Gasteiger partial charge on any atom is 0.197 e. The molecule has 98 valence electrons. The van der Waals surface area contributed by atoms with E-state index in [0.717, 1.165) is 0 Å². The van der Waals surface area contributed by atoms with Gasteiger partial charge in [0.2, 0.25) is 0 Å². The highest BCUT2D eigenvalue weighted by molar-refractivity contribution is 6.11. The fourth-order valence-corrected chi connectivity index (χ4v) is 1.88. The number of aryl methyl sites for hydroxylation is 1. The Morgan fingerprint density at radius 3 is 2.32 bits per heavy atom. The van der Waals surface area contributed by atoms with Crippen LogP contribution in [0.15, 0.2) is 36.4 Å². The van der Waals surface area contributed by atoms with Crippen molar-refractivity contribution >= 4 is 5.78 Å². The highest BCUT2D eigenvalue weighted by atomic mass is 16.5. The first-order valence-electron chi connectivity index (χ1n) is 5.74. The minimum absolute atomic E-state index is 0.105. The normalized spacial score (nSPS) is 10.2. The average Bonchev–Trinajstić information content (AvgIpc) is 2.37. The Hall–Kier alpha value is -2.49. The first kappa shape index (κ1) is 13.0. The molecule has 0 atom stereocenters. The van der Waals surface area contributed by atoms with Gasteiger partial charge >= 0.3 is 0 Å². The summed E-state index contributed by atoms with van der Waals surface area (Å²) in [5.74, 6) is 0.166. The van der Waals surface area contributed by atoms with E-state index in [1.54, 1.807) is 13.0 Å². The van der Waals surface area contributed by atoms with Crippen LogP contribution < -0.4 is 4.74 Å². The van der Waals surface area contributed by atoms with Crippen LogP contribution >= 0.6 is 0 Å². The summed E-state index contributed by atoms with van der Waals surface area (Å²) in [7, 11) is 1.49. The summed E-state index contributed by atoms with van der Waals surface area (Å²) < 4.78 is 4.97. The van der Waals surface area contributed by atoms with Gasteiger partial charge in [-0.1, -0.05) is 0 Å². The summed E-state index contributed by atoms with van der Waals surface area (Å²) in [5.41, 5.74) is 1.30. The van der Waals surface area contributed by atoms with Gasteiger partial charge in [-0.25, -0.2) is 0 Å². The van der Waals surface area contributed by atoms with Crippen molar-refractivity contribution in [1.29, 1.82) is 0 Å². The van der Waals surface area contributed by atoms with Gasteiger partial charge in [-0.2, -0.15) is 0 Å². The summed E-state index contributed by atoms with van der Waals surface area (Å²) in [4.78, 5) is 12.3. The molecule has 0 fully saturated rings. The van der Waals surface area contributed by atoms with Crippen molar-refractivity contribution in [3.05, 3.63) is 53.1 Å². The van der Waals surface area contributed by atoms with Crippen molar-refractivity contribution in [3.63, 3.8) is 0 Å². The minimum atomic E-state index is -0.294. The van der Waals surface area contributed by atoms with E-state index < -0.39 is 0 Å². The van der Waals surface area contributed by atoms with Crippen LogP contribution in [0.25, 0.3) is 0 Å². The molecule has 4 nitrogen and oxygen atoms in total. The van der Waals surface area contributed by atoms with Crippen LogP contribution in [0.1, 0.15) is 21.5 Å². The Morgan fingerprint density at radius 1 is 1.05 bits per heavy atom. The molecule has 0 saturated carbocycles. The lowest BCUT2D eigenvalue weighted by Gasteiger charge is -2.08. The van der Waals surface area contributed by atoms with Crippen molar-refractivity contribution in [1.82, 2.24) is 0 Å². The number of rotatable bonds is 3. The summed E-state index contributed by atoms with van der Waals surface area (Å²) in [6.45, 7) is 1.73. The molecule has 0 aliphatic carbocycles. The van der Waals surface area contributed by atoms with Crippen molar-refractivity contribution < 1.29 is 19.7 Å². The number of ketones is 1. The van der Waals surface area contributed by atoms with Crippen LogP contribution in [0.3, 0.4) is 0 Å². The van der Waals surface area contributed by atoms with Gasteiger partial charge in [0.1, 0.15) is 17.2 Å². The molecule has 2 aromatic rings. The molecule has 0 bridgehead atoms. The average molecular weight is 258 g/mol. The third-order valence-corrected chi connectivity index (χ3v) is 2.90. The van der Waals surface area contributed by atoms with E-state index in [9.17, 15) is 15.0 Å². The Balaban J connectivity index is 2.44. The number of hydrogen-bond donors (Lipinski definition) is 2. The lowest BCUT2D eigenvalue weighted by atomic mass is 9.98. The lowest BCUT2D eigenvalue weighted by Crippen LogP contribution is -2.04. The molecule has 0 unspecified atom stereocenters. The molecule has 2 N–H and O–H groups in total. The first-order valence-corrected chi connectivity index (χ1v) is 5.74. The topological polar surface area (TPSA) is 66.8 Å². The van der Waals surface area contributed by atoms with Crippen LogP contribution in [0, 0.1) is 6.92 Å². The number of carbonyl (C=O) groups excluding carboxylic acids is 1. The van der Waals surface area contributed by atoms with Crippen LogP contribution in [0.5, 0.6) is 17.2 Å².